The number of Topliss-reactive ketones (excluding diaryl/α,β-unsaturated/α-hetero) is 1. The van der Waals surface area contributed by atoms with Crippen LogP contribution >= 0.6 is 0 Å². The average molecular weight is 391 g/mol. The number of benzene rings is 1. The zero-order valence-corrected chi connectivity index (χ0v) is 16.4. The number of aromatic nitrogens is 1. The van der Waals surface area contributed by atoms with E-state index in [2.05, 4.69) is 15.3 Å². The second-order valence-corrected chi connectivity index (χ2v) is 7.76. The minimum Gasteiger partial charge on any atom is -0.307 e. The van der Waals surface area contributed by atoms with Gasteiger partial charge < -0.3 is 5.32 Å². The Morgan fingerprint density at radius 1 is 1.14 bits per heavy atom. The molecule has 0 bridgehead atoms. The number of aliphatic imine (C=N–C) groups is 1. The van der Waals surface area contributed by atoms with Gasteiger partial charge in [0.2, 0.25) is 0 Å². The van der Waals surface area contributed by atoms with Crippen LogP contribution in [0.15, 0.2) is 64.9 Å². The summed E-state index contributed by atoms with van der Waals surface area (Å²) in [6.07, 6.45) is 2.72. The number of ketones is 1. The second kappa shape index (κ2) is 7.70. The van der Waals surface area contributed by atoms with E-state index in [-0.39, 0.29) is 17.6 Å². The Morgan fingerprint density at radius 3 is 2.69 bits per heavy atom. The first-order chi connectivity index (χ1) is 13.9. The Labute approximate surface area is 168 Å². The van der Waals surface area contributed by atoms with Crippen molar-refractivity contribution in [3.8, 4) is 0 Å². The van der Waals surface area contributed by atoms with Crippen molar-refractivity contribution in [1.82, 2.24) is 4.98 Å². The van der Waals surface area contributed by atoms with E-state index in [1.54, 1.807) is 43.5 Å². The first-order valence-electron chi connectivity index (χ1n) is 9.73. The number of nitrogens with one attached hydrogen (secondary N) is 1. The first-order valence-corrected chi connectivity index (χ1v) is 9.73. The van der Waals surface area contributed by atoms with Crippen LogP contribution in [-0.4, -0.2) is 22.4 Å². The molecule has 0 saturated heterocycles. The number of fused-ring (bicyclic) bond motifs is 1. The van der Waals surface area contributed by atoms with Crippen molar-refractivity contribution in [3.63, 3.8) is 0 Å². The molecule has 1 unspecified atom stereocenters. The Bertz CT molecular complexity index is 1030. The summed E-state index contributed by atoms with van der Waals surface area (Å²) in [5.74, 6) is -1.21. The SMILES string of the molecule is CC1=C(C(=O)Nc2ccccn2)[C@@H](c2cccc(F)c2)C2C(=O)C[C@@H](C)CC2=N1. The topological polar surface area (TPSA) is 71.4 Å². The molecule has 0 radical (unpaired) electrons. The molecule has 6 heteroatoms. The first kappa shape index (κ1) is 19.2. The molecule has 1 aliphatic heterocycles. The van der Waals surface area contributed by atoms with E-state index in [1.807, 2.05) is 6.92 Å². The molecule has 2 aromatic rings. The fourth-order valence-corrected chi connectivity index (χ4v) is 4.36. The highest BCUT2D eigenvalue weighted by Gasteiger charge is 2.44. The molecule has 0 spiro atoms. The van der Waals surface area contributed by atoms with E-state index in [1.165, 1.54) is 12.1 Å². The number of allylic oxidation sites excluding steroid dienone is 1. The van der Waals surface area contributed by atoms with Gasteiger partial charge in [-0.05, 0) is 49.1 Å². The van der Waals surface area contributed by atoms with Crippen LogP contribution in [0.2, 0.25) is 0 Å². The molecule has 1 N–H and O–H groups in total. The second-order valence-electron chi connectivity index (χ2n) is 7.76. The number of amides is 1. The van der Waals surface area contributed by atoms with Gasteiger partial charge in [0.15, 0.2) is 0 Å². The van der Waals surface area contributed by atoms with Gasteiger partial charge in [-0.25, -0.2) is 9.37 Å². The van der Waals surface area contributed by atoms with Crippen molar-refractivity contribution in [1.29, 1.82) is 0 Å². The molecular formula is C23H22FN3O2. The largest absolute Gasteiger partial charge is 0.307 e. The average Bonchev–Trinajstić information content (AvgIpc) is 2.67. The van der Waals surface area contributed by atoms with Crippen LogP contribution in [-0.2, 0) is 9.59 Å². The number of anilines is 1. The summed E-state index contributed by atoms with van der Waals surface area (Å²) >= 11 is 0. The van der Waals surface area contributed by atoms with E-state index in [0.717, 1.165) is 5.71 Å². The highest BCUT2D eigenvalue weighted by molar-refractivity contribution is 6.14. The van der Waals surface area contributed by atoms with Gasteiger partial charge in [-0.1, -0.05) is 25.1 Å². The van der Waals surface area contributed by atoms with E-state index < -0.39 is 17.7 Å². The maximum Gasteiger partial charge on any atom is 0.255 e. The standard InChI is InChI=1S/C23H22FN3O2/c1-13-10-17-22(18(28)11-13)21(15-6-5-7-16(24)12-15)20(14(2)26-17)23(29)27-19-8-3-4-9-25-19/h3-9,12-13,21-22H,10-11H2,1-2H3,(H,25,27,29)/t13-,21+,22?/m0/s1. The predicted molar refractivity (Wildman–Crippen MR) is 109 cm³/mol. The molecule has 1 saturated carbocycles. The van der Waals surface area contributed by atoms with E-state index in [0.29, 0.717) is 35.5 Å². The number of carbonyl (C=O) groups is 2. The predicted octanol–water partition coefficient (Wildman–Crippen LogP) is 4.29. The molecule has 1 aromatic carbocycles. The lowest BCUT2D eigenvalue weighted by molar-refractivity contribution is -0.123. The molecular weight excluding hydrogens is 369 g/mol. The van der Waals surface area contributed by atoms with Gasteiger partial charge in [0.1, 0.15) is 17.4 Å². The van der Waals surface area contributed by atoms with Gasteiger partial charge in [0.25, 0.3) is 5.91 Å². The lowest BCUT2D eigenvalue weighted by Crippen LogP contribution is -2.41. The van der Waals surface area contributed by atoms with Crippen LogP contribution in [0, 0.1) is 17.7 Å². The third-order valence-corrected chi connectivity index (χ3v) is 5.52. The molecule has 4 rings (SSSR count). The summed E-state index contributed by atoms with van der Waals surface area (Å²) in [6.45, 7) is 3.79. The van der Waals surface area contributed by atoms with Gasteiger partial charge in [-0.3, -0.25) is 14.6 Å². The minimum absolute atomic E-state index is 0.0485. The third-order valence-electron chi connectivity index (χ3n) is 5.52. The van der Waals surface area contributed by atoms with Crippen LogP contribution in [0.3, 0.4) is 0 Å². The monoisotopic (exact) mass is 391 g/mol. The highest BCUT2D eigenvalue weighted by Crippen LogP contribution is 2.44. The van der Waals surface area contributed by atoms with Gasteiger partial charge in [-0.15, -0.1) is 0 Å². The van der Waals surface area contributed by atoms with Crippen LogP contribution in [0.5, 0.6) is 0 Å². The van der Waals surface area contributed by atoms with Gasteiger partial charge in [0.05, 0.1) is 5.92 Å². The zero-order valence-electron chi connectivity index (χ0n) is 16.4. The molecule has 148 valence electrons. The summed E-state index contributed by atoms with van der Waals surface area (Å²) in [5.41, 5.74) is 2.34. The van der Waals surface area contributed by atoms with Crippen LogP contribution < -0.4 is 5.32 Å². The molecule has 2 heterocycles. The van der Waals surface area contributed by atoms with E-state index >= 15 is 0 Å². The lowest BCUT2D eigenvalue weighted by atomic mass is 9.67. The van der Waals surface area contributed by atoms with Crippen LogP contribution in [0.25, 0.3) is 0 Å². The number of carbonyl (C=O) groups excluding carboxylic acids is 2. The third kappa shape index (κ3) is 3.75. The summed E-state index contributed by atoms with van der Waals surface area (Å²) in [6, 6.07) is 11.4. The summed E-state index contributed by atoms with van der Waals surface area (Å²) in [5, 5.41) is 2.79. The molecule has 5 nitrogen and oxygen atoms in total. The van der Waals surface area contributed by atoms with Crippen LogP contribution in [0.4, 0.5) is 10.2 Å². The summed E-state index contributed by atoms with van der Waals surface area (Å²) in [4.78, 5) is 35.0. The maximum atomic E-state index is 14.0. The Morgan fingerprint density at radius 2 is 1.97 bits per heavy atom. The van der Waals surface area contributed by atoms with Crippen LogP contribution in [0.1, 0.15) is 38.2 Å². The smallest absolute Gasteiger partial charge is 0.255 e. The molecule has 1 amide bonds. The number of hydrogen-bond donors (Lipinski definition) is 1. The van der Waals surface area contributed by atoms with Gasteiger partial charge >= 0.3 is 0 Å². The fourth-order valence-electron chi connectivity index (χ4n) is 4.36. The quantitative estimate of drug-likeness (QED) is 0.849. The summed E-state index contributed by atoms with van der Waals surface area (Å²) < 4.78 is 14.0. The lowest BCUT2D eigenvalue weighted by Gasteiger charge is -2.37. The Balaban J connectivity index is 1.81. The van der Waals surface area contributed by atoms with Crippen molar-refractivity contribution in [3.05, 3.63) is 71.3 Å². The number of halogens is 1. The van der Waals surface area contributed by atoms with Crippen molar-refractivity contribution < 1.29 is 14.0 Å². The fraction of sp³-hybridized carbons (Fsp3) is 0.304. The molecule has 29 heavy (non-hydrogen) atoms. The molecule has 1 aromatic heterocycles. The molecule has 2 aliphatic rings. The normalized spacial score (nSPS) is 24.0. The summed E-state index contributed by atoms with van der Waals surface area (Å²) in [7, 11) is 0. The van der Waals surface area contributed by atoms with Crippen molar-refractivity contribution >= 4 is 23.2 Å². The number of pyridine rings is 1. The highest BCUT2D eigenvalue weighted by atomic mass is 19.1. The van der Waals surface area contributed by atoms with E-state index in [9.17, 15) is 14.0 Å². The van der Waals surface area contributed by atoms with E-state index in [4.69, 9.17) is 0 Å². The van der Waals surface area contributed by atoms with Crippen molar-refractivity contribution in [2.75, 3.05) is 5.32 Å². The van der Waals surface area contributed by atoms with Crippen molar-refractivity contribution in [2.45, 2.75) is 32.6 Å². The maximum absolute atomic E-state index is 14.0. The van der Waals surface area contributed by atoms with Gasteiger partial charge in [0, 0.05) is 35.5 Å². The Hall–Kier alpha value is -3.15. The minimum atomic E-state index is -0.568. The number of rotatable bonds is 3. The zero-order chi connectivity index (χ0) is 20.5. The Kier molecular flexibility index (Phi) is 5.09. The molecule has 1 fully saturated rings. The van der Waals surface area contributed by atoms with Gasteiger partial charge in [-0.2, -0.15) is 0 Å². The molecule has 3 atom stereocenters. The number of nitrogens with zero attached hydrogens (tertiary/aromatic N) is 2. The number of hydrogen-bond acceptors (Lipinski definition) is 4. The molecule has 1 aliphatic carbocycles. The van der Waals surface area contributed by atoms with Crippen molar-refractivity contribution in [2.24, 2.45) is 16.8 Å².